The highest BCUT2D eigenvalue weighted by atomic mass is 19.1. The average Bonchev–Trinajstić information content (AvgIpc) is 3.29. The van der Waals surface area contributed by atoms with Crippen LogP contribution in [0.5, 0.6) is 5.75 Å². The van der Waals surface area contributed by atoms with Crippen molar-refractivity contribution < 1.29 is 18.3 Å². The Morgan fingerprint density at radius 3 is 2.47 bits per heavy atom. The van der Waals surface area contributed by atoms with Crippen LogP contribution in [0.15, 0.2) is 52.9 Å². The number of piperidine rings is 1. The van der Waals surface area contributed by atoms with Crippen molar-refractivity contribution in [3.05, 3.63) is 65.8 Å². The molecule has 2 heterocycles. The minimum absolute atomic E-state index is 0.136. The zero-order valence-corrected chi connectivity index (χ0v) is 16.9. The summed E-state index contributed by atoms with van der Waals surface area (Å²) in [6, 6.07) is 13.8. The van der Waals surface area contributed by atoms with Crippen LogP contribution in [0.4, 0.5) is 4.39 Å². The van der Waals surface area contributed by atoms with Gasteiger partial charge in [0.1, 0.15) is 11.6 Å². The summed E-state index contributed by atoms with van der Waals surface area (Å²) < 4.78 is 24.0. The molecule has 7 heteroatoms. The van der Waals surface area contributed by atoms with Crippen LogP contribution in [0, 0.1) is 5.82 Å². The Labute approximate surface area is 174 Å². The van der Waals surface area contributed by atoms with Crippen molar-refractivity contribution in [3.8, 4) is 17.2 Å². The van der Waals surface area contributed by atoms with Gasteiger partial charge in [0.15, 0.2) is 0 Å². The van der Waals surface area contributed by atoms with E-state index in [4.69, 9.17) is 9.15 Å². The highest BCUT2D eigenvalue weighted by Gasteiger charge is 2.27. The maximum atomic E-state index is 13.1. The number of carbonyl (C=O) groups is 1. The van der Waals surface area contributed by atoms with E-state index in [0.717, 1.165) is 24.2 Å². The first-order valence-electron chi connectivity index (χ1n) is 10.1. The maximum absolute atomic E-state index is 13.1. The van der Waals surface area contributed by atoms with Gasteiger partial charge in [-0.1, -0.05) is 12.1 Å². The monoisotopic (exact) mass is 409 g/mol. The number of halogens is 1. The van der Waals surface area contributed by atoms with Crippen molar-refractivity contribution in [1.29, 1.82) is 0 Å². The van der Waals surface area contributed by atoms with Crippen molar-refractivity contribution >= 4 is 5.91 Å². The largest absolute Gasteiger partial charge is 0.497 e. The van der Waals surface area contributed by atoms with Gasteiger partial charge in [0.2, 0.25) is 17.7 Å². The van der Waals surface area contributed by atoms with E-state index in [0.29, 0.717) is 43.3 Å². The summed E-state index contributed by atoms with van der Waals surface area (Å²) in [4.78, 5) is 14.5. The Morgan fingerprint density at radius 2 is 1.80 bits per heavy atom. The van der Waals surface area contributed by atoms with Crippen LogP contribution in [-0.2, 0) is 11.2 Å². The van der Waals surface area contributed by atoms with Crippen LogP contribution in [-0.4, -0.2) is 41.2 Å². The Kier molecular flexibility index (Phi) is 6.07. The number of hydrogen-bond donors (Lipinski definition) is 0. The minimum Gasteiger partial charge on any atom is -0.497 e. The van der Waals surface area contributed by atoms with Gasteiger partial charge in [0.25, 0.3) is 0 Å². The third-order valence-corrected chi connectivity index (χ3v) is 5.52. The van der Waals surface area contributed by atoms with E-state index in [2.05, 4.69) is 10.2 Å². The predicted molar refractivity (Wildman–Crippen MR) is 110 cm³/mol. The fraction of sp³-hybridized carbons (Fsp3) is 0.348. The van der Waals surface area contributed by atoms with Crippen molar-refractivity contribution in [2.75, 3.05) is 20.2 Å². The lowest BCUT2D eigenvalue weighted by atomic mass is 9.96. The number of aryl methyl sites for hydroxylation is 1. The minimum atomic E-state index is -0.303. The molecule has 6 nitrogen and oxygen atoms in total. The number of likely N-dealkylation sites (tertiary alicyclic amines) is 1. The number of aromatic nitrogens is 2. The second kappa shape index (κ2) is 9.07. The number of ether oxygens (including phenoxy) is 1. The Bertz CT molecular complexity index is 978. The van der Waals surface area contributed by atoms with Gasteiger partial charge in [-0.15, -0.1) is 10.2 Å². The molecule has 1 aromatic heterocycles. The number of rotatable bonds is 6. The molecular weight excluding hydrogens is 385 g/mol. The normalized spacial score (nSPS) is 14.7. The molecule has 2 aromatic carbocycles. The van der Waals surface area contributed by atoms with Gasteiger partial charge < -0.3 is 14.1 Å². The summed E-state index contributed by atoms with van der Waals surface area (Å²) in [6.07, 6.45) is 2.79. The lowest BCUT2D eigenvalue weighted by Crippen LogP contribution is -2.38. The molecule has 0 radical (unpaired) electrons. The standard InChI is InChI=1S/C23H24FN3O3/c1-29-20-9-2-16(3-10-20)4-11-21(28)27-14-12-18(13-15-27)23-26-25-22(30-23)17-5-7-19(24)8-6-17/h2-3,5-10,18H,4,11-15H2,1H3. The second-order valence-electron chi connectivity index (χ2n) is 7.46. The molecule has 156 valence electrons. The van der Waals surface area contributed by atoms with Crippen molar-refractivity contribution in [1.82, 2.24) is 15.1 Å². The van der Waals surface area contributed by atoms with Crippen molar-refractivity contribution in [3.63, 3.8) is 0 Å². The summed E-state index contributed by atoms with van der Waals surface area (Å²) in [5.74, 6) is 1.79. The van der Waals surface area contributed by atoms with E-state index in [-0.39, 0.29) is 17.6 Å². The zero-order valence-electron chi connectivity index (χ0n) is 16.9. The summed E-state index contributed by atoms with van der Waals surface area (Å²) >= 11 is 0. The molecule has 1 fully saturated rings. The molecule has 1 aliphatic heterocycles. The number of nitrogens with zero attached hydrogens (tertiary/aromatic N) is 3. The molecule has 4 rings (SSSR count). The van der Waals surface area contributed by atoms with Crippen LogP contribution in [0.2, 0.25) is 0 Å². The average molecular weight is 409 g/mol. The first-order valence-corrected chi connectivity index (χ1v) is 10.1. The van der Waals surface area contributed by atoms with E-state index >= 15 is 0 Å². The molecular formula is C23H24FN3O3. The highest BCUT2D eigenvalue weighted by molar-refractivity contribution is 5.76. The van der Waals surface area contributed by atoms with E-state index < -0.39 is 0 Å². The zero-order chi connectivity index (χ0) is 20.9. The van der Waals surface area contributed by atoms with E-state index in [9.17, 15) is 9.18 Å². The van der Waals surface area contributed by atoms with Gasteiger partial charge >= 0.3 is 0 Å². The maximum Gasteiger partial charge on any atom is 0.247 e. The number of hydrogen-bond acceptors (Lipinski definition) is 5. The Morgan fingerprint density at radius 1 is 1.10 bits per heavy atom. The predicted octanol–water partition coefficient (Wildman–Crippen LogP) is 4.22. The second-order valence-corrected chi connectivity index (χ2v) is 7.46. The van der Waals surface area contributed by atoms with Crippen LogP contribution in [0.1, 0.15) is 36.6 Å². The summed E-state index contributed by atoms with van der Waals surface area (Å²) in [5, 5.41) is 8.27. The molecule has 1 saturated heterocycles. The lowest BCUT2D eigenvalue weighted by Gasteiger charge is -2.30. The van der Waals surface area contributed by atoms with E-state index in [1.165, 1.54) is 12.1 Å². The van der Waals surface area contributed by atoms with Crippen molar-refractivity contribution in [2.45, 2.75) is 31.6 Å². The molecule has 0 unspecified atom stereocenters. The number of carbonyl (C=O) groups excluding carboxylic acids is 1. The number of benzene rings is 2. The SMILES string of the molecule is COc1ccc(CCC(=O)N2CCC(c3nnc(-c4ccc(F)cc4)o3)CC2)cc1. The van der Waals surface area contributed by atoms with Gasteiger partial charge in [0.05, 0.1) is 7.11 Å². The van der Waals surface area contributed by atoms with E-state index in [1.807, 2.05) is 29.2 Å². The third-order valence-electron chi connectivity index (χ3n) is 5.52. The lowest BCUT2D eigenvalue weighted by molar-refractivity contribution is -0.132. The van der Waals surface area contributed by atoms with Crippen LogP contribution in [0.3, 0.4) is 0 Å². The highest BCUT2D eigenvalue weighted by Crippen LogP contribution is 2.29. The summed E-state index contributed by atoms with van der Waals surface area (Å²) in [5.41, 5.74) is 1.82. The number of methoxy groups -OCH3 is 1. The topological polar surface area (TPSA) is 68.5 Å². The van der Waals surface area contributed by atoms with E-state index in [1.54, 1.807) is 19.2 Å². The quantitative estimate of drug-likeness (QED) is 0.610. The molecule has 0 aliphatic carbocycles. The first-order chi connectivity index (χ1) is 14.6. The first kappa shape index (κ1) is 20.1. The summed E-state index contributed by atoms with van der Waals surface area (Å²) in [7, 11) is 1.64. The summed E-state index contributed by atoms with van der Waals surface area (Å²) in [6.45, 7) is 1.36. The third kappa shape index (κ3) is 4.67. The fourth-order valence-corrected chi connectivity index (χ4v) is 3.69. The van der Waals surface area contributed by atoms with Crippen LogP contribution >= 0.6 is 0 Å². The molecule has 0 N–H and O–H groups in total. The molecule has 0 spiro atoms. The van der Waals surface area contributed by atoms with Gasteiger partial charge in [-0.3, -0.25) is 4.79 Å². The molecule has 3 aromatic rings. The Balaban J connectivity index is 1.28. The molecule has 0 atom stereocenters. The molecule has 0 bridgehead atoms. The molecule has 30 heavy (non-hydrogen) atoms. The van der Waals surface area contributed by atoms with Gasteiger partial charge in [0, 0.05) is 31.0 Å². The van der Waals surface area contributed by atoms with Gasteiger partial charge in [-0.05, 0) is 61.2 Å². The fourth-order valence-electron chi connectivity index (χ4n) is 3.69. The van der Waals surface area contributed by atoms with Gasteiger partial charge in [-0.2, -0.15) is 0 Å². The van der Waals surface area contributed by atoms with Crippen LogP contribution in [0.25, 0.3) is 11.5 Å². The van der Waals surface area contributed by atoms with Crippen LogP contribution < -0.4 is 4.74 Å². The molecule has 1 aliphatic rings. The van der Waals surface area contributed by atoms with Crippen molar-refractivity contribution in [2.24, 2.45) is 0 Å². The number of amides is 1. The molecule has 0 saturated carbocycles. The smallest absolute Gasteiger partial charge is 0.247 e. The Hall–Kier alpha value is -3.22. The molecule has 1 amide bonds. The van der Waals surface area contributed by atoms with Gasteiger partial charge in [-0.25, -0.2) is 4.39 Å².